The second-order valence-corrected chi connectivity index (χ2v) is 6.66. The predicted octanol–water partition coefficient (Wildman–Crippen LogP) is 7.39. The molecule has 0 aromatic rings. The van der Waals surface area contributed by atoms with E-state index in [9.17, 15) is 4.79 Å². The molecule has 0 aliphatic carbocycles. The van der Waals surface area contributed by atoms with E-state index in [-0.39, 0.29) is 0 Å². The molecule has 0 heterocycles. The fourth-order valence-electron chi connectivity index (χ4n) is 2.96. The molecule has 0 atom stereocenters. The summed E-state index contributed by atoms with van der Waals surface area (Å²) in [4.78, 5) is 10.1. The van der Waals surface area contributed by atoms with Gasteiger partial charge in [-0.25, -0.2) is 0 Å². The molecule has 0 bridgehead atoms. The van der Waals surface area contributed by atoms with E-state index in [1.165, 1.54) is 103 Å². The average Bonchev–Trinajstić information content (AvgIpc) is 2.54. The molecule has 130 valence electrons. The number of hydrogen-bond acceptors (Lipinski definition) is 1. The summed E-state index contributed by atoms with van der Waals surface area (Å²) >= 11 is 0. The SMILES string of the molecule is CCCCCCCCCCCCCCCCCCC=CC=O. The quantitative estimate of drug-likeness (QED) is 0.146. The van der Waals surface area contributed by atoms with Crippen LogP contribution in [0.25, 0.3) is 0 Å². The van der Waals surface area contributed by atoms with Crippen molar-refractivity contribution in [1.29, 1.82) is 0 Å². The van der Waals surface area contributed by atoms with Crippen molar-refractivity contribution in [3.8, 4) is 0 Å². The zero-order valence-corrected chi connectivity index (χ0v) is 15.2. The molecule has 0 aliphatic rings. The van der Waals surface area contributed by atoms with Gasteiger partial charge in [0, 0.05) is 0 Å². The number of unbranched alkanes of at least 4 members (excludes halogenated alkanes) is 16. The van der Waals surface area contributed by atoms with Gasteiger partial charge in [0.2, 0.25) is 0 Å². The van der Waals surface area contributed by atoms with Crippen LogP contribution in [-0.2, 0) is 4.79 Å². The zero-order valence-electron chi connectivity index (χ0n) is 15.2. The van der Waals surface area contributed by atoms with Crippen molar-refractivity contribution in [3.63, 3.8) is 0 Å². The number of rotatable bonds is 18. The van der Waals surface area contributed by atoms with Gasteiger partial charge >= 0.3 is 0 Å². The molecule has 0 aromatic heterocycles. The van der Waals surface area contributed by atoms with Crippen molar-refractivity contribution >= 4 is 6.29 Å². The molecule has 22 heavy (non-hydrogen) atoms. The molecule has 0 radical (unpaired) electrons. The number of hydrogen-bond donors (Lipinski definition) is 0. The summed E-state index contributed by atoms with van der Waals surface area (Å²) < 4.78 is 0. The third kappa shape index (κ3) is 19.4. The Labute approximate surface area is 140 Å². The minimum absolute atomic E-state index is 0.868. The van der Waals surface area contributed by atoms with Crippen LogP contribution in [0.3, 0.4) is 0 Å². The van der Waals surface area contributed by atoms with E-state index in [1.807, 2.05) is 6.08 Å². The van der Waals surface area contributed by atoms with E-state index >= 15 is 0 Å². The summed E-state index contributed by atoms with van der Waals surface area (Å²) in [5, 5.41) is 0. The first kappa shape index (κ1) is 21.4. The van der Waals surface area contributed by atoms with Crippen molar-refractivity contribution in [1.82, 2.24) is 0 Å². The largest absolute Gasteiger partial charge is 0.299 e. The lowest BCUT2D eigenvalue weighted by molar-refractivity contribution is -0.104. The van der Waals surface area contributed by atoms with Gasteiger partial charge in [0.1, 0.15) is 6.29 Å². The minimum atomic E-state index is 0.868. The van der Waals surface area contributed by atoms with E-state index < -0.39 is 0 Å². The fraction of sp³-hybridized carbons (Fsp3) is 0.857. The van der Waals surface area contributed by atoms with Gasteiger partial charge in [0.15, 0.2) is 0 Å². The van der Waals surface area contributed by atoms with Crippen LogP contribution >= 0.6 is 0 Å². The summed E-state index contributed by atoms with van der Waals surface area (Å²) in [5.41, 5.74) is 0. The van der Waals surface area contributed by atoms with Gasteiger partial charge < -0.3 is 0 Å². The van der Waals surface area contributed by atoms with Crippen molar-refractivity contribution in [2.45, 2.75) is 116 Å². The molecule has 0 saturated carbocycles. The van der Waals surface area contributed by atoms with Crippen LogP contribution in [0.4, 0.5) is 0 Å². The number of aldehydes is 1. The van der Waals surface area contributed by atoms with Crippen LogP contribution in [0, 0.1) is 0 Å². The van der Waals surface area contributed by atoms with Gasteiger partial charge in [-0.3, -0.25) is 4.79 Å². The molecular formula is C21H40O. The van der Waals surface area contributed by atoms with E-state index in [1.54, 1.807) is 6.08 Å². The lowest BCUT2D eigenvalue weighted by Gasteiger charge is -2.03. The monoisotopic (exact) mass is 308 g/mol. The Bertz CT molecular complexity index is 232. The Morgan fingerprint density at radius 2 is 0.909 bits per heavy atom. The van der Waals surface area contributed by atoms with Crippen LogP contribution in [-0.4, -0.2) is 6.29 Å². The molecule has 0 aromatic carbocycles. The Morgan fingerprint density at radius 3 is 1.27 bits per heavy atom. The maximum Gasteiger partial charge on any atom is 0.142 e. The van der Waals surface area contributed by atoms with Crippen molar-refractivity contribution in [2.24, 2.45) is 0 Å². The molecule has 0 saturated heterocycles. The molecule has 1 heteroatoms. The molecule has 0 amide bonds. The van der Waals surface area contributed by atoms with Crippen LogP contribution < -0.4 is 0 Å². The lowest BCUT2D eigenvalue weighted by Crippen LogP contribution is -1.83. The Hall–Kier alpha value is -0.590. The number of allylic oxidation sites excluding steroid dienone is 2. The Balaban J connectivity index is 2.97. The van der Waals surface area contributed by atoms with E-state index in [4.69, 9.17) is 0 Å². The minimum Gasteiger partial charge on any atom is -0.299 e. The summed E-state index contributed by atoms with van der Waals surface area (Å²) in [6.07, 6.45) is 28.1. The summed E-state index contributed by atoms with van der Waals surface area (Å²) in [7, 11) is 0. The molecule has 0 N–H and O–H groups in total. The van der Waals surface area contributed by atoms with Gasteiger partial charge in [-0.15, -0.1) is 0 Å². The summed E-state index contributed by atoms with van der Waals surface area (Å²) in [5.74, 6) is 0. The second kappa shape index (κ2) is 20.4. The van der Waals surface area contributed by atoms with Crippen molar-refractivity contribution in [3.05, 3.63) is 12.2 Å². The highest BCUT2D eigenvalue weighted by Crippen LogP contribution is 2.13. The van der Waals surface area contributed by atoms with Gasteiger partial charge in [0.25, 0.3) is 0 Å². The highest BCUT2D eigenvalue weighted by molar-refractivity contribution is 5.64. The number of carbonyl (C=O) groups is 1. The molecule has 1 nitrogen and oxygen atoms in total. The highest BCUT2D eigenvalue weighted by Gasteiger charge is 1.94. The average molecular weight is 309 g/mol. The molecule has 0 fully saturated rings. The molecular weight excluding hydrogens is 268 g/mol. The fourth-order valence-corrected chi connectivity index (χ4v) is 2.96. The zero-order chi connectivity index (χ0) is 16.1. The van der Waals surface area contributed by atoms with Gasteiger partial charge in [-0.05, 0) is 18.9 Å². The number of carbonyl (C=O) groups excluding carboxylic acids is 1. The van der Waals surface area contributed by atoms with E-state index in [0.717, 1.165) is 12.7 Å². The van der Waals surface area contributed by atoms with Gasteiger partial charge in [-0.2, -0.15) is 0 Å². The van der Waals surface area contributed by atoms with Crippen LogP contribution in [0.1, 0.15) is 116 Å². The van der Waals surface area contributed by atoms with E-state index in [2.05, 4.69) is 6.92 Å². The second-order valence-electron chi connectivity index (χ2n) is 6.66. The van der Waals surface area contributed by atoms with Crippen LogP contribution in [0.2, 0.25) is 0 Å². The summed E-state index contributed by atoms with van der Waals surface area (Å²) in [6.45, 7) is 2.29. The third-order valence-electron chi connectivity index (χ3n) is 4.44. The summed E-state index contributed by atoms with van der Waals surface area (Å²) in [6, 6.07) is 0. The van der Waals surface area contributed by atoms with Gasteiger partial charge in [-0.1, -0.05) is 109 Å². The smallest absolute Gasteiger partial charge is 0.142 e. The van der Waals surface area contributed by atoms with Crippen molar-refractivity contribution < 1.29 is 4.79 Å². The maximum absolute atomic E-state index is 10.1. The molecule has 0 spiro atoms. The standard InChI is InChI=1S/C21H40O/c1-2-3-4-5-6-7-8-9-10-11-12-13-14-15-16-17-18-19-20-21-22/h19-21H,2-18H2,1H3. The van der Waals surface area contributed by atoms with Crippen LogP contribution in [0.5, 0.6) is 0 Å². The van der Waals surface area contributed by atoms with Crippen LogP contribution in [0.15, 0.2) is 12.2 Å². The highest BCUT2D eigenvalue weighted by atomic mass is 16.1. The molecule has 0 aliphatic heterocycles. The third-order valence-corrected chi connectivity index (χ3v) is 4.44. The van der Waals surface area contributed by atoms with E-state index in [0.29, 0.717) is 0 Å². The Morgan fingerprint density at radius 1 is 0.545 bits per heavy atom. The molecule has 0 unspecified atom stereocenters. The Kier molecular flexibility index (Phi) is 19.9. The van der Waals surface area contributed by atoms with Crippen molar-refractivity contribution in [2.75, 3.05) is 0 Å². The first-order valence-electron chi connectivity index (χ1n) is 10.0. The van der Waals surface area contributed by atoms with Gasteiger partial charge in [0.05, 0.1) is 0 Å². The first-order valence-corrected chi connectivity index (χ1v) is 10.0. The predicted molar refractivity (Wildman–Crippen MR) is 99.4 cm³/mol. The lowest BCUT2D eigenvalue weighted by atomic mass is 10.0. The topological polar surface area (TPSA) is 17.1 Å². The molecule has 0 rings (SSSR count). The normalized spacial score (nSPS) is 11.3. The first-order chi connectivity index (χ1) is 10.9. The maximum atomic E-state index is 10.1.